The lowest BCUT2D eigenvalue weighted by Crippen LogP contribution is -2.43. The van der Waals surface area contributed by atoms with Crippen LogP contribution in [0.1, 0.15) is 22.0 Å². The Morgan fingerprint density at radius 1 is 1.26 bits per heavy atom. The molecule has 1 aromatic carbocycles. The molecule has 1 heterocycles. The Balaban J connectivity index is 2.46. The van der Waals surface area contributed by atoms with Gasteiger partial charge in [0.2, 0.25) is 0 Å². The second-order valence-corrected chi connectivity index (χ2v) is 4.31. The number of methoxy groups -OCH3 is 2. The monoisotopic (exact) mass is 266 g/mol. The minimum Gasteiger partial charge on any atom is -0.493 e. The van der Waals surface area contributed by atoms with Gasteiger partial charge in [0.25, 0.3) is 0 Å². The van der Waals surface area contributed by atoms with E-state index in [1.807, 2.05) is 0 Å². The summed E-state index contributed by atoms with van der Waals surface area (Å²) in [6.07, 6.45) is 0. The topological polar surface area (TPSA) is 79.8 Å². The van der Waals surface area contributed by atoms with E-state index in [4.69, 9.17) is 9.47 Å². The van der Waals surface area contributed by atoms with Gasteiger partial charge in [-0.2, -0.15) is 0 Å². The van der Waals surface area contributed by atoms with E-state index in [1.165, 1.54) is 20.3 Å². The Kier molecular flexibility index (Phi) is 4.24. The maximum absolute atomic E-state index is 11.4. The molecular formula is C13H18N2O4. The van der Waals surface area contributed by atoms with Crippen LogP contribution in [0, 0.1) is 0 Å². The fraction of sp³-hybridized carbons (Fsp3) is 0.462. The third-order valence-electron chi connectivity index (χ3n) is 3.20. The summed E-state index contributed by atoms with van der Waals surface area (Å²) < 4.78 is 10.4. The Bertz CT molecular complexity index is 470. The smallest absolute Gasteiger partial charge is 0.336 e. The molecular weight excluding hydrogens is 248 g/mol. The van der Waals surface area contributed by atoms with Gasteiger partial charge >= 0.3 is 5.97 Å². The fourth-order valence-electron chi connectivity index (χ4n) is 2.24. The van der Waals surface area contributed by atoms with Crippen molar-refractivity contribution in [2.24, 2.45) is 0 Å². The van der Waals surface area contributed by atoms with Gasteiger partial charge in [-0.3, -0.25) is 0 Å². The van der Waals surface area contributed by atoms with Gasteiger partial charge in [-0.15, -0.1) is 0 Å². The number of nitrogens with one attached hydrogen (secondary N) is 2. The first-order valence-corrected chi connectivity index (χ1v) is 6.10. The summed E-state index contributed by atoms with van der Waals surface area (Å²) in [4.78, 5) is 11.4. The Morgan fingerprint density at radius 3 is 2.47 bits per heavy atom. The summed E-state index contributed by atoms with van der Waals surface area (Å²) >= 11 is 0. The minimum atomic E-state index is -0.969. The molecule has 0 bridgehead atoms. The largest absolute Gasteiger partial charge is 0.493 e. The molecule has 0 spiro atoms. The maximum atomic E-state index is 11.4. The highest BCUT2D eigenvalue weighted by molar-refractivity contribution is 5.90. The Hall–Kier alpha value is -1.79. The molecule has 1 aliphatic rings. The summed E-state index contributed by atoms with van der Waals surface area (Å²) in [7, 11) is 3.03. The molecule has 1 atom stereocenters. The highest BCUT2D eigenvalue weighted by Gasteiger charge is 2.23. The number of aromatic carboxylic acids is 1. The van der Waals surface area contributed by atoms with Gasteiger partial charge < -0.3 is 25.2 Å². The van der Waals surface area contributed by atoms with Gasteiger partial charge in [0.05, 0.1) is 19.8 Å². The minimum absolute atomic E-state index is 0.0420. The molecule has 0 radical (unpaired) electrons. The van der Waals surface area contributed by atoms with Crippen LogP contribution in [0.25, 0.3) is 0 Å². The quantitative estimate of drug-likeness (QED) is 0.742. The first-order valence-electron chi connectivity index (χ1n) is 6.10. The van der Waals surface area contributed by atoms with Gasteiger partial charge in [-0.05, 0) is 17.7 Å². The van der Waals surface area contributed by atoms with Gasteiger partial charge in [-0.1, -0.05) is 0 Å². The van der Waals surface area contributed by atoms with Crippen molar-refractivity contribution in [2.45, 2.75) is 6.04 Å². The number of ether oxygens (including phenoxy) is 2. The molecule has 2 rings (SSSR count). The molecule has 0 aliphatic carbocycles. The van der Waals surface area contributed by atoms with Crippen LogP contribution in [-0.2, 0) is 0 Å². The molecule has 1 aliphatic heterocycles. The number of carboxylic acids is 1. The van der Waals surface area contributed by atoms with Crippen LogP contribution in [0.5, 0.6) is 11.5 Å². The van der Waals surface area contributed by atoms with E-state index in [-0.39, 0.29) is 11.6 Å². The number of carbonyl (C=O) groups is 1. The predicted molar refractivity (Wildman–Crippen MR) is 70.1 cm³/mol. The first kappa shape index (κ1) is 13.6. The van der Waals surface area contributed by atoms with Gasteiger partial charge in [0.1, 0.15) is 0 Å². The number of piperazine rings is 1. The van der Waals surface area contributed by atoms with Crippen molar-refractivity contribution in [3.63, 3.8) is 0 Å². The lowest BCUT2D eigenvalue weighted by Gasteiger charge is -2.26. The third kappa shape index (κ3) is 2.80. The lowest BCUT2D eigenvalue weighted by atomic mass is 9.98. The zero-order valence-corrected chi connectivity index (χ0v) is 11.0. The van der Waals surface area contributed by atoms with Crippen molar-refractivity contribution in [3.8, 4) is 11.5 Å². The third-order valence-corrected chi connectivity index (χ3v) is 3.20. The van der Waals surface area contributed by atoms with E-state index in [1.54, 1.807) is 6.07 Å². The maximum Gasteiger partial charge on any atom is 0.336 e. The van der Waals surface area contributed by atoms with Crippen molar-refractivity contribution >= 4 is 5.97 Å². The van der Waals surface area contributed by atoms with Gasteiger partial charge in [0, 0.05) is 25.7 Å². The summed E-state index contributed by atoms with van der Waals surface area (Å²) in [5.41, 5.74) is 0.941. The van der Waals surface area contributed by atoms with Crippen molar-refractivity contribution in [1.82, 2.24) is 10.6 Å². The predicted octanol–water partition coefficient (Wildman–Crippen LogP) is 0.636. The van der Waals surface area contributed by atoms with E-state index >= 15 is 0 Å². The highest BCUT2D eigenvalue weighted by Crippen LogP contribution is 2.33. The molecule has 0 amide bonds. The number of carboxylic acid groups (broad SMARTS) is 1. The van der Waals surface area contributed by atoms with Crippen LogP contribution >= 0.6 is 0 Å². The molecule has 1 saturated heterocycles. The second-order valence-electron chi connectivity index (χ2n) is 4.31. The standard InChI is InChI=1S/C13H18N2O4/c1-18-11-5-8(10-7-14-3-4-15-10)9(13(16)17)6-12(11)19-2/h5-6,10,14-15H,3-4,7H2,1-2H3,(H,16,17)/t10-/m0/s1. The summed E-state index contributed by atoms with van der Waals surface area (Å²) in [5, 5.41) is 15.9. The van der Waals surface area contributed by atoms with Crippen LogP contribution in [0.3, 0.4) is 0 Å². The number of hydrogen-bond donors (Lipinski definition) is 3. The highest BCUT2D eigenvalue weighted by atomic mass is 16.5. The van der Waals surface area contributed by atoms with Crippen LogP contribution in [0.4, 0.5) is 0 Å². The average molecular weight is 266 g/mol. The van der Waals surface area contributed by atoms with Crippen LogP contribution in [0.15, 0.2) is 12.1 Å². The summed E-state index contributed by atoms with van der Waals surface area (Å²) in [5.74, 6) is -0.00869. The van der Waals surface area contributed by atoms with Crippen LogP contribution < -0.4 is 20.1 Å². The SMILES string of the molecule is COc1cc(C(=O)O)c([C@@H]2CNCCN2)cc1OC. The van der Waals surface area contributed by atoms with Gasteiger partial charge in [0.15, 0.2) is 11.5 Å². The van der Waals surface area contributed by atoms with Crippen molar-refractivity contribution in [2.75, 3.05) is 33.9 Å². The Morgan fingerprint density at radius 2 is 1.95 bits per heavy atom. The number of rotatable bonds is 4. The molecule has 6 nitrogen and oxygen atoms in total. The molecule has 3 N–H and O–H groups in total. The van der Waals surface area contributed by atoms with E-state index in [9.17, 15) is 9.90 Å². The summed E-state index contributed by atoms with van der Waals surface area (Å²) in [6.45, 7) is 2.38. The number of benzene rings is 1. The van der Waals surface area contributed by atoms with Gasteiger partial charge in [-0.25, -0.2) is 4.79 Å². The second kappa shape index (κ2) is 5.90. The fourth-order valence-corrected chi connectivity index (χ4v) is 2.24. The number of hydrogen-bond acceptors (Lipinski definition) is 5. The summed E-state index contributed by atoms with van der Waals surface area (Å²) in [6, 6.07) is 3.19. The Labute approximate surface area is 111 Å². The first-order chi connectivity index (χ1) is 9.17. The van der Waals surface area contributed by atoms with Crippen molar-refractivity contribution in [3.05, 3.63) is 23.3 Å². The zero-order valence-electron chi connectivity index (χ0n) is 11.0. The van der Waals surface area contributed by atoms with Crippen molar-refractivity contribution < 1.29 is 19.4 Å². The molecule has 0 saturated carbocycles. The molecule has 104 valence electrons. The average Bonchev–Trinajstić information content (AvgIpc) is 2.46. The molecule has 1 aromatic rings. The molecule has 1 fully saturated rings. The molecule has 19 heavy (non-hydrogen) atoms. The normalized spacial score (nSPS) is 18.9. The molecule has 0 unspecified atom stereocenters. The van der Waals surface area contributed by atoms with E-state index in [2.05, 4.69) is 10.6 Å². The van der Waals surface area contributed by atoms with E-state index in [0.29, 0.717) is 23.6 Å². The molecule has 6 heteroatoms. The van der Waals surface area contributed by atoms with Crippen LogP contribution in [-0.4, -0.2) is 44.9 Å². The van der Waals surface area contributed by atoms with Crippen LogP contribution in [0.2, 0.25) is 0 Å². The zero-order chi connectivity index (χ0) is 13.8. The van der Waals surface area contributed by atoms with E-state index in [0.717, 1.165) is 13.1 Å². The molecule has 0 aromatic heterocycles. The van der Waals surface area contributed by atoms with E-state index < -0.39 is 5.97 Å². The lowest BCUT2D eigenvalue weighted by molar-refractivity contribution is 0.0694. The van der Waals surface area contributed by atoms with Crippen molar-refractivity contribution in [1.29, 1.82) is 0 Å².